The van der Waals surface area contributed by atoms with Crippen molar-refractivity contribution >= 4 is 17.4 Å². The van der Waals surface area contributed by atoms with Gasteiger partial charge in [-0.2, -0.15) is 0 Å². The van der Waals surface area contributed by atoms with E-state index in [1.54, 1.807) is 24.5 Å². The first-order valence-electron chi connectivity index (χ1n) is 6.94. The third-order valence-corrected chi connectivity index (χ3v) is 3.27. The van der Waals surface area contributed by atoms with E-state index in [2.05, 4.69) is 20.6 Å². The van der Waals surface area contributed by atoms with Crippen molar-refractivity contribution in [1.82, 2.24) is 10.3 Å². The number of rotatable bonds is 3. The van der Waals surface area contributed by atoms with Crippen LogP contribution in [-0.4, -0.2) is 29.8 Å². The van der Waals surface area contributed by atoms with Gasteiger partial charge in [-0.05, 0) is 30.7 Å². The van der Waals surface area contributed by atoms with E-state index in [1.807, 2.05) is 24.3 Å². The molecule has 0 spiro atoms. The van der Waals surface area contributed by atoms with Gasteiger partial charge in [-0.3, -0.25) is 14.8 Å². The molecule has 1 aromatic heterocycles. The molecule has 2 heterocycles. The smallest absolute Gasteiger partial charge is 0.255 e. The van der Waals surface area contributed by atoms with Crippen molar-refractivity contribution in [2.45, 2.75) is 6.42 Å². The van der Waals surface area contributed by atoms with Gasteiger partial charge in [0.1, 0.15) is 5.84 Å². The summed E-state index contributed by atoms with van der Waals surface area (Å²) in [6.45, 7) is 1.72. The average Bonchev–Trinajstić information content (AvgIpc) is 2.57. The predicted molar refractivity (Wildman–Crippen MR) is 82.7 cm³/mol. The van der Waals surface area contributed by atoms with Crippen molar-refractivity contribution < 1.29 is 4.79 Å². The molecule has 1 aromatic carbocycles. The van der Waals surface area contributed by atoms with Crippen LogP contribution in [0, 0.1) is 0 Å². The van der Waals surface area contributed by atoms with E-state index in [0.29, 0.717) is 5.56 Å². The number of hydrogen-bond acceptors (Lipinski definition) is 4. The lowest BCUT2D eigenvalue weighted by atomic mass is 10.1. The van der Waals surface area contributed by atoms with E-state index in [0.717, 1.165) is 36.6 Å². The lowest BCUT2D eigenvalue weighted by Gasteiger charge is -2.17. The third-order valence-electron chi connectivity index (χ3n) is 3.27. The second kappa shape index (κ2) is 6.17. The van der Waals surface area contributed by atoms with E-state index in [-0.39, 0.29) is 5.91 Å². The van der Waals surface area contributed by atoms with Crippen LogP contribution in [0.4, 0.5) is 5.69 Å². The predicted octanol–water partition coefficient (Wildman–Crippen LogP) is 2.07. The fourth-order valence-electron chi connectivity index (χ4n) is 2.21. The van der Waals surface area contributed by atoms with Crippen LogP contribution in [0.2, 0.25) is 0 Å². The Bertz CT molecular complexity index is 667. The number of nitrogens with zero attached hydrogens (tertiary/aromatic N) is 2. The highest BCUT2D eigenvalue weighted by atomic mass is 16.1. The van der Waals surface area contributed by atoms with Gasteiger partial charge in [0.2, 0.25) is 0 Å². The Balaban J connectivity index is 1.86. The molecule has 1 aliphatic rings. The van der Waals surface area contributed by atoms with Gasteiger partial charge in [0, 0.05) is 36.6 Å². The second-order valence-electron chi connectivity index (χ2n) is 4.75. The van der Waals surface area contributed by atoms with E-state index in [1.165, 1.54) is 0 Å². The molecule has 1 aliphatic heterocycles. The largest absolute Gasteiger partial charge is 0.370 e. The SMILES string of the molecule is O=C(Nc1ccccc1C1=NCCCN1)c1ccncc1. The summed E-state index contributed by atoms with van der Waals surface area (Å²) in [4.78, 5) is 20.7. The number of amidine groups is 1. The van der Waals surface area contributed by atoms with Gasteiger partial charge in [-0.25, -0.2) is 0 Å². The van der Waals surface area contributed by atoms with Gasteiger partial charge in [-0.1, -0.05) is 12.1 Å². The standard InChI is InChI=1S/C16H16N4O/c21-16(12-6-10-17-11-7-12)20-14-5-2-1-4-13(14)15-18-8-3-9-19-15/h1-2,4-7,10-11H,3,8-9H2,(H,18,19)(H,20,21). The molecule has 0 fully saturated rings. The van der Waals surface area contributed by atoms with E-state index >= 15 is 0 Å². The molecule has 0 unspecified atom stereocenters. The van der Waals surface area contributed by atoms with Crippen molar-refractivity contribution in [3.63, 3.8) is 0 Å². The Hall–Kier alpha value is -2.69. The van der Waals surface area contributed by atoms with Gasteiger partial charge >= 0.3 is 0 Å². The minimum Gasteiger partial charge on any atom is -0.370 e. The minimum absolute atomic E-state index is 0.152. The summed E-state index contributed by atoms with van der Waals surface area (Å²) >= 11 is 0. The van der Waals surface area contributed by atoms with Crippen LogP contribution in [0.5, 0.6) is 0 Å². The summed E-state index contributed by atoms with van der Waals surface area (Å²) in [7, 11) is 0. The Morgan fingerprint density at radius 3 is 2.71 bits per heavy atom. The van der Waals surface area contributed by atoms with E-state index in [9.17, 15) is 4.79 Å². The first-order chi connectivity index (χ1) is 10.3. The summed E-state index contributed by atoms with van der Waals surface area (Å²) < 4.78 is 0. The fourth-order valence-corrected chi connectivity index (χ4v) is 2.21. The van der Waals surface area contributed by atoms with Crippen LogP contribution in [0.3, 0.4) is 0 Å². The number of amides is 1. The highest BCUT2D eigenvalue weighted by Gasteiger charge is 2.13. The molecule has 106 valence electrons. The molecule has 0 atom stereocenters. The molecule has 0 bridgehead atoms. The van der Waals surface area contributed by atoms with Gasteiger partial charge in [-0.15, -0.1) is 0 Å². The monoisotopic (exact) mass is 280 g/mol. The minimum atomic E-state index is -0.152. The highest BCUT2D eigenvalue weighted by molar-refractivity contribution is 6.10. The topological polar surface area (TPSA) is 66.4 Å². The van der Waals surface area contributed by atoms with Crippen molar-refractivity contribution in [3.05, 3.63) is 59.9 Å². The first kappa shape index (κ1) is 13.3. The van der Waals surface area contributed by atoms with Crippen LogP contribution in [-0.2, 0) is 0 Å². The number of benzene rings is 1. The quantitative estimate of drug-likeness (QED) is 0.904. The Morgan fingerprint density at radius 1 is 1.14 bits per heavy atom. The molecule has 0 saturated carbocycles. The number of carbonyl (C=O) groups excluding carboxylic acids is 1. The Kier molecular flexibility index (Phi) is 3.91. The zero-order valence-corrected chi connectivity index (χ0v) is 11.5. The molecule has 0 aliphatic carbocycles. The summed E-state index contributed by atoms with van der Waals surface area (Å²) in [6.07, 6.45) is 4.25. The van der Waals surface area contributed by atoms with Crippen molar-refractivity contribution in [3.8, 4) is 0 Å². The molecule has 21 heavy (non-hydrogen) atoms. The van der Waals surface area contributed by atoms with Crippen LogP contribution in [0.1, 0.15) is 22.3 Å². The lowest BCUT2D eigenvalue weighted by Crippen LogP contribution is -2.31. The van der Waals surface area contributed by atoms with E-state index < -0.39 is 0 Å². The molecule has 0 radical (unpaired) electrons. The molecular formula is C16H16N4O. The summed E-state index contributed by atoms with van der Waals surface area (Å²) in [6, 6.07) is 11.1. The second-order valence-corrected chi connectivity index (χ2v) is 4.75. The normalized spacial score (nSPS) is 14.0. The maximum atomic E-state index is 12.2. The van der Waals surface area contributed by atoms with Crippen LogP contribution in [0.25, 0.3) is 0 Å². The molecule has 5 heteroatoms. The highest BCUT2D eigenvalue weighted by Crippen LogP contribution is 2.17. The number of pyridine rings is 1. The van der Waals surface area contributed by atoms with Crippen LogP contribution in [0.15, 0.2) is 53.8 Å². The van der Waals surface area contributed by atoms with Gasteiger partial charge in [0.15, 0.2) is 0 Å². The molecular weight excluding hydrogens is 264 g/mol. The van der Waals surface area contributed by atoms with E-state index in [4.69, 9.17) is 0 Å². The number of carbonyl (C=O) groups is 1. The maximum absolute atomic E-state index is 12.2. The average molecular weight is 280 g/mol. The molecule has 2 aromatic rings. The zero-order chi connectivity index (χ0) is 14.5. The summed E-state index contributed by atoms with van der Waals surface area (Å²) in [5.74, 6) is 0.688. The van der Waals surface area contributed by atoms with Gasteiger partial charge in [0.05, 0.1) is 5.69 Å². The Labute approximate surface area is 123 Å². The van der Waals surface area contributed by atoms with Crippen LogP contribution >= 0.6 is 0 Å². The zero-order valence-electron chi connectivity index (χ0n) is 11.5. The number of anilines is 1. The molecule has 0 saturated heterocycles. The summed E-state index contributed by atoms with van der Waals surface area (Å²) in [5, 5.41) is 6.21. The number of aliphatic imine (C=N–C) groups is 1. The third kappa shape index (κ3) is 3.08. The number of hydrogen-bond donors (Lipinski definition) is 2. The molecule has 2 N–H and O–H groups in total. The summed E-state index contributed by atoms with van der Waals surface area (Å²) in [5.41, 5.74) is 2.26. The van der Waals surface area contributed by atoms with Crippen molar-refractivity contribution in [2.24, 2.45) is 4.99 Å². The number of para-hydroxylation sites is 1. The van der Waals surface area contributed by atoms with Gasteiger partial charge < -0.3 is 10.6 Å². The van der Waals surface area contributed by atoms with Crippen molar-refractivity contribution in [1.29, 1.82) is 0 Å². The van der Waals surface area contributed by atoms with Crippen LogP contribution < -0.4 is 10.6 Å². The lowest BCUT2D eigenvalue weighted by molar-refractivity contribution is 0.102. The molecule has 3 rings (SSSR count). The first-order valence-corrected chi connectivity index (χ1v) is 6.94. The van der Waals surface area contributed by atoms with Crippen molar-refractivity contribution in [2.75, 3.05) is 18.4 Å². The maximum Gasteiger partial charge on any atom is 0.255 e. The fraction of sp³-hybridized carbons (Fsp3) is 0.188. The van der Waals surface area contributed by atoms with Gasteiger partial charge in [0.25, 0.3) is 5.91 Å². The molecule has 5 nitrogen and oxygen atoms in total. The molecule has 1 amide bonds. The number of aromatic nitrogens is 1. The Morgan fingerprint density at radius 2 is 1.95 bits per heavy atom. The number of nitrogens with one attached hydrogen (secondary N) is 2.